The molecule has 0 saturated carbocycles. The summed E-state index contributed by atoms with van der Waals surface area (Å²) in [7, 11) is 0. The van der Waals surface area contributed by atoms with Crippen molar-refractivity contribution >= 4 is 22.5 Å². The van der Waals surface area contributed by atoms with Crippen LogP contribution in [-0.4, -0.2) is 33.7 Å². The molecule has 2 aromatic heterocycles. The largest absolute Gasteiger partial charge is 0.488 e. The number of hydrogen-bond acceptors (Lipinski definition) is 5. The van der Waals surface area contributed by atoms with Gasteiger partial charge >= 0.3 is 6.18 Å². The monoisotopic (exact) mass is 456 g/mol. The number of nitrogens with one attached hydrogen (secondary N) is 1. The van der Waals surface area contributed by atoms with Crippen LogP contribution in [-0.2, 0) is 10.9 Å². The second kappa shape index (κ2) is 8.22. The molecule has 33 heavy (non-hydrogen) atoms. The molecule has 2 aromatic carbocycles. The highest BCUT2D eigenvalue weighted by Crippen LogP contribution is 2.36. The van der Waals surface area contributed by atoms with Gasteiger partial charge in [0, 0.05) is 24.2 Å². The van der Waals surface area contributed by atoms with E-state index in [1.54, 1.807) is 12.3 Å². The summed E-state index contributed by atoms with van der Waals surface area (Å²) in [5.41, 5.74) is 0.979. The highest BCUT2D eigenvalue weighted by Gasteiger charge is 2.33. The maximum Gasteiger partial charge on any atom is 0.416 e. The molecule has 0 radical (unpaired) electrons. The third kappa shape index (κ3) is 4.08. The molecule has 0 aliphatic carbocycles. The number of alkyl halides is 3. The molecule has 0 spiro atoms. The Morgan fingerprint density at radius 2 is 2.09 bits per heavy atom. The van der Waals surface area contributed by atoms with E-state index in [0.29, 0.717) is 36.1 Å². The highest BCUT2D eigenvalue weighted by atomic mass is 19.4. The third-order valence-electron chi connectivity index (χ3n) is 6.01. The first-order chi connectivity index (χ1) is 15.8. The number of fused-ring (bicyclic) bond motifs is 3. The molecule has 0 amide bonds. The second-order valence-corrected chi connectivity index (χ2v) is 8.22. The van der Waals surface area contributed by atoms with Gasteiger partial charge in [0.05, 0.1) is 30.3 Å². The lowest BCUT2D eigenvalue weighted by Gasteiger charge is -2.21. The number of imidazole rings is 1. The van der Waals surface area contributed by atoms with E-state index in [4.69, 9.17) is 9.47 Å². The van der Waals surface area contributed by atoms with Crippen LogP contribution in [0.25, 0.3) is 16.7 Å². The van der Waals surface area contributed by atoms with E-state index < -0.39 is 17.8 Å². The number of halogens is 3. The van der Waals surface area contributed by atoms with Gasteiger partial charge < -0.3 is 14.8 Å². The average molecular weight is 456 g/mol. The second-order valence-electron chi connectivity index (χ2n) is 8.22. The lowest BCUT2D eigenvalue weighted by Crippen LogP contribution is -2.16. The molecular formula is C24H23F3N4O2. The third-order valence-corrected chi connectivity index (χ3v) is 6.01. The lowest BCUT2D eigenvalue weighted by molar-refractivity contribution is -0.138. The van der Waals surface area contributed by atoms with Crippen molar-refractivity contribution in [1.29, 1.82) is 0 Å². The molecule has 2 unspecified atom stereocenters. The van der Waals surface area contributed by atoms with Gasteiger partial charge in [-0.3, -0.25) is 4.40 Å². The molecule has 172 valence electrons. The number of hydrogen-bond donors (Lipinski definition) is 1. The summed E-state index contributed by atoms with van der Waals surface area (Å²) in [5.74, 6) is 1.71. The van der Waals surface area contributed by atoms with Gasteiger partial charge in [-0.1, -0.05) is 12.1 Å². The van der Waals surface area contributed by atoms with Crippen LogP contribution in [0.5, 0.6) is 5.75 Å². The molecule has 6 nitrogen and oxygen atoms in total. The summed E-state index contributed by atoms with van der Waals surface area (Å²) in [4.78, 5) is 8.94. The van der Waals surface area contributed by atoms with Gasteiger partial charge in [-0.15, -0.1) is 0 Å². The highest BCUT2D eigenvalue weighted by molar-refractivity contribution is 5.92. The van der Waals surface area contributed by atoms with E-state index in [-0.39, 0.29) is 11.7 Å². The first-order valence-electron chi connectivity index (χ1n) is 10.8. The summed E-state index contributed by atoms with van der Waals surface area (Å²) in [5, 5.41) is 4.10. The predicted octanol–water partition coefficient (Wildman–Crippen LogP) is 5.55. The first kappa shape index (κ1) is 21.5. The summed E-state index contributed by atoms with van der Waals surface area (Å²) in [6.07, 6.45) is -0.105. The average Bonchev–Trinajstić information content (AvgIpc) is 3.45. The first-order valence-corrected chi connectivity index (χ1v) is 10.8. The number of anilines is 1. The molecule has 5 rings (SSSR count). The summed E-state index contributed by atoms with van der Waals surface area (Å²) >= 11 is 0. The van der Waals surface area contributed by atoms with Gasteiger partial charge in [-0.25, -0.2) is 4.98 Å². The zero-order valence-corrected chi connectivity index (χ0v) is 18.2. The Hall–Kier alpha value is -3.33. The van der Waals surface area contributed by atoms with E-state index in [0.717, 1.165) is 23.4 Å². The maximum atomic E-state index is 13.4. The number of rotatable bonds is 5. The summed E-state index contributed by atoms with van der Waals surface area (Å²) < 4.78 is 53.6. The van der Waals surface area contributed by atoms with Crippen LogP contribution in [0, 0.1) is 6.92 Å². The maximum absolute atomic E-state index is 13.4. The van der Waals surface area contributed by atoms with Gasteiger partial charge in [-0.2, -0.15) is 18.2 Å². The van der Waals surface area contributed by atoms with Crippen molar-refractivity contribution < 1.29 is 22.6 Å². The quantitative estimate of drug-likeness (QED) is 0.427. The van der Waals surface area contributed by atoms with Crippen molar-refractivity contribution in [1.82, 2.24) is 14.4 Å². The number of benzene rings is 2. The zero-order valence-electron chi connectivity index (χ0n) is 18.2. The molecule has 9 heteroatoms. The van der Waals surface area contributed by atoms with E-state index in [2.05, 4.69) is 15.3 Å². The van der Waals surface area contributed by atoms with Gasteiger partial charge in [0.2, 0.25) is 5.78 Å². The van der Waals surface area contributed by atoms with E-state index in [1.807, 2.05) is 35.7 Å². The van der Waals surface area contributed by atoms with Crippen LogP contribution in [0.15, 0.2) is 48.8 Å². The molecule has 1 fully saturated rings. The minimum Gasteiger partial charge on any atom is -0.488 e. The predicted molar refractivity (Wildman–Crippen MR) is 119 cm³/mol. The Morgan fingerprint density at radius 3 is 2.85 bits per heavy atom. The van der Waals surface area contributed by atoms with Crippen LogP contribution in [0.4, 0.5) is 19.0 Å². The van der Waals surface area contributed by atoms with E-state index >= 15 is 0 Å². The Kier molecular flexibility index (Phi) is 5.36. The van der Waals surface area contributed by atoms with Crippen molar-refractivity contribution in [3.8, 4) is 5.75 Å². The number of ether oxygens (including phenoxy) is 2. The molecule has 3 heterocycles. The standard InChI is InChI=1S/C24H23F3N4O2/c1-14-18(4-3-5-20(14)24(25,26)27)15(2)29-22-19-12-16(33-17-8-11-32-13-17)6-7-21(19)31-10-9-28-23(31)30-22/h3-7,9-10,12,15,17H,8,11,13H2,1-2H3,(H,28,29,30). The molecular weight excluding hydrogens is 433 g/mol. The van der Waals surface area contributed by atoms with Gasteiger partial charge in [0.1, 0.15) is 17.7 Å². The molecule has 2 atom stereocenters. The van der Waals surface area contributed by atoms with Crippen molar-refractivity contribution in [3.05, 3.63) is 65.5 Å². The fourth-order valence-electron chi connectivity index (χ4n) is 4.34. The van der Waals surface area contributed by atoms with Crippen LogP contribution in [0.3, 0.4) is 0 Å². The molecule has 1 N–H and O–H groups in total. The van der Waals surface area contributed by atoms with Gasteiger partial charge in [0.25, 0.3) is 0 Å². The van der Waals surface area contributed by atoms with Crippen LogP contribution in [0.1, 0.15) is 36.1 Å². The molecule has 1 saturated heterocycles. The molecule has 1 aliphatic rings. The lowest BCUT2D eigenvalue weighted by atomic mass is 9.97. The van der Waals surface area contributed by atoms with E-state index in [9.17, 15) is 13.2 Å². The molecule has 1 aliphatic heterocycles. The summed E-state index contributed by atoms with van der Waals surface area (Å²) in [6, 6.07) is 9.54. The number of aromatic nitrogens is 3. The Bertz CT molecular complexity index is 1310. The van der Waals surface area contributed by atoms with Crippen molar-refractivity contribution in [2.75, 3.05) is 18.5 Å². The topological polar surface area (TPSA) is 60.7 Å². The van der Waals surface area contributed by atoms with Crippen LogP contribution in [0.2, 0.25) is 0 Å². The van der Waals surface area contributed by atoms with Crippen LogP contribution >= 0.6 is 0 Å². The van der Waals surface area contributed by atoms with Gasteiger partial charge in [0.15, 0.2) is 0 Å². The van der Waals surface area contributed by atoms with Crippen molar-refractivity contribution in [3.63, 3.8) is 0 Å². The SMILES string of the molecule is Cc1c(C(C)Nc2nc3nccn3c3ccc(OC4CCOC4)cc23)cccc1C(F)(F)F. The fourth-order valence-corrected chi connectivity index (χ4v) is 4.34. The zero-order chi connectivity index (χ0) is 23.2. The molecule has 0 bridgehead atoms. The Labute approximate surface area is 188 Å². The molecule has 4 aromatic rings. The van der Waals surface area contributed by atoms with E-state index in [1.165, 1.54) is 13.0 Å². The summed E-state index contributed by atoms with van der Waals surface area (Å²) in [6.45, 7) is 4.54. The van der Waals surface area contributed by atoms with Crippen molar-refractivity contribution in [2.45, 2.75) is 38.6 Å². The smallest absolute Gasteiger partial charge is 0.416 e. The number of nitrogens with zero attached hydrogens (tertiary/aromatic N) is 3. The van der Waals surface area contributed by atoms with Gasteiger partial charge in [-0.05, 0) is 49.2 Å². The minimum absolute atomic E-state index is 0.00419. The fraction of sp³-hybridized carbons (Fsp3) is 0.333. The minimum atomic E-state index is -4.41. The van der Waals surface area contributed by atoms with Crippen LogP contribution < -0.4 is 10.1 Å². The normalized spacial score (nSPS) is 17.5. The Morgan fingerprint density at radius 1 is 1.24 bits per heavy atom. The van der Waals surface area contributed by atoms with Crippen molar-refractivity contribution in [2.24, 2.45) is 0 Å². The Balaban J connectivity index is 1.55.